The molecular formula is C17H17FN4O2S2. The number of nitrogens with two attached hydrogens (primary N) is 1. The molecule has 26 heavy (non-hydrogen) atoms. The van der Waals surface area contributed by atoms with Crippen molar-refractivity contribution in [1.29, 1.82) is 0 Å². The van der Waals surface area contributed by atoms with Gasteiger partial charge >= 0.3 is 0 Å². The SMILES string of the molecule is NC(=O)C1=CSCN1Cc1nc(C(=O)NCCc2ccccc2F)cs1. The topological polar surface area (TPSA) is 88.3 Å². The Morgan fingerprint density at radius 3 is 2.92 bits per heavy atom. The minimum Gasteiger partial charge on any atom is -0.364 e. The number of hydrogen-bond donors (Lipinski definition) is 2. The van der Waals surface area contributed by atoms with E-state index in [-0.39, 0.29) is 11.7 Å². The van der Waals surface area contributed by atoms with E-state index in [4.69, 9.17) is 5.73 Å². The maximum Gasteiger partial charge on any atom is 0.270 e. The molecule has 0 saturated carbocycles. The third-order valence-electron chi connectivity index (χ3n) is 3.77. The van der Waals surface area contributed by atoms with Gasteiger partial charge in [-0.2, -0.15) is 0 Å². The predicted octanol–water partition coefficient (Wildman–Crippen LogP) is 2.09. The zero-order chi connectivity index (χ0) is 18.5. The van der Waals surface area contributed by atoms with Crippen LogP contribution in [0.2, 0.25) is 0 Å². The smallest absolute Gasteiger partial charge is 0.270 e. The summed E-state index contributed by atoms with van der Waals surface area (Å²) in [7, 11) is 0. The zero-order valence-electron chi connectivity index (χ0n) is 13.8. The van der Waals surface area contributed by atoms with E-state index in [2.05, 4.69) is 10.3 Å². The van der Waals surface area contributed by atoms with E-state index in [1.807, 2.05) is 4.90 Å². The first-order chi connectivity index (χ1) is 12.5. The van der Waals surface area contributed by atoms with Gasteiger partial charge < -0.3 is 16.0 Å². The van der Waals surface area contributed by atoms with Crippen LogP contribution in [0.15, 0.2) is 40.8 Å². The largest absolute Gasteiger partial charge is 0.364 e. The number of thiazole rings is 1. The maximum atomic E-state index is 13.6. The summed E-state index contributed by atoms with van der Waals surface area (Å²) in [5.74, 6) is -0.426. The van der Waals surface area contributed by atoms with E-state index >= 15 is 0 Å². The number of carbonyl (C=O) groups is 2. The molecule has 0 saturated heterocycles. The summed E-state index contributed by atoms with van der Waals surface area (Å²) in [6, 6.07) is 6.49. The number of aromatic nitrogens is 1. The molecule has 6 nitrogen and oxygen atoms in total. The maximum absolute atomic E-state index is 13.6. The fraction of sp³-hybridized carbons (Fsp3) is 0.235. The Labute approximate surface area is 158 Å². The van der Waals surface area contributed by atoms with Gasteiger partial charge in [-0.05, 0) is 18.1 Å². The Kier molecular flexibility index (Phi) is 5.89. The van der Waals surface area contributed by atoms with Crippen LogP contribution in [0, 0.1) is 5.82 Å². The van der Waals surface area contributed by atoms with Crippen molar-refractivity contribution in [3.05, 3.63) is 62.8 Å². The fourth-order valence-corrected chi connectivity index (χ4v) is 4.15. The molecule has 0 bridgehead atoms. The van der Waals surface area contributed by atoms with Crippen molar-refractivity contribution in [2.75, 3.05) is 12.4 Å². The van der Waals surface area contributed by atoms with E-state index in [1.54, 1.807) is 29.0 Å². The van der Waals surface area contributed by atoms with Crippen LogP contribution in [0.1, 0.15) is 21.1 Å². The lowest BCUT2D eigenvalue weighted by Crippen LogP contribution is -2.28. The van der Waals surface area contributed by atoms with Gasteiger partial charge in [0.25, 0.3) is 11.8 Å². The number of nitrogens with zero attached hydrogens (tertiary/aromatic N) is 2. The van der Waals surface area contributed by atoms with Crippen LogP contribution in [0.25, 0.3) is 0 Å². The Balaban J connectivity index is 1.52. The van der Waals surface area contributed by atoms with Crippen molar-refractivity contribution < 1.29 is 14.0 Å². The lowest BCUT2D eigenvalue weighted by atomic mass is 10.1. The second-order valence-corrected chi connectivity index (χ2v) is 7.35. The van der Waals surface area contributed by atoms with Crippen LogP contribution in [-0.4, -0.2) is 34.1 Å². The number of primary amides is 1. The Hall–Kier alpha value is -2.39. The summed E-state index contributed by atoms with van der Waals surface area (Å²) in [4.78, 5) is 29.7. The molecule has 0 atom stereocenters. The van der Waals surface area contributed by atoms with Crippen molar-refractivity contribution in [3.8, 4) is 0 Å². The Bertz CT molecular complexity index is 853. The molecule has 0 fully saturated rings. The van der Waals surface area contributed by atoms with Crippen molar-refractivity contribution in [2.24, 2.45) is 5.73 Å². The highest BCUT2D eigenvalue weighted by Crippen LogP contribution is 2.25. The van der Waals surface area contributed by atoms with Gasteiger partial charge in [0.2, 0.25) is 0 Å². The number of rotatable bonds is 7. The van der Waals surface area contributed by atoms with E-state index in [0.717, 1.165) is 5.01 Å². The number of hydrogen-bond acceptors (Lipinski definition) is 6. The van der Waals surface area contributed by atoms with Crippen LogP contribution >= 0.6 is 23.1 Å². The molecule has 2 amide bonds. The second-order valence-electron chi connectivity index (χ2n) is 5.58. The van der Waals surface area contributed by atoms with E-state index in [0.29, 0.717) is 42.3 Å². The molecule has 9 heteroatoms. The minimum atomic E-state index is -0.474. The van der Waals surface area contributed by atoms with Crippen LogP contribution in [0.5, 0.6) is 0 Å². The Morgan fingerprint density at radius 1 is 1.35 bits per heavy atom. The number of halogens is 1. The quantitative estimate of drug-likeness (QED) is 0.753. The molecule has 136 valence electrons. The third-order valence-corrected chi connectivity index (χ3v) is 5.45. The summed E-state index contributed by atoms with van der Waals surface area (Å²) in [6.07, 6.45) is 0.410. The summed E-state index contributed by atoms with van der Waals surface area (Å²) in [5.41, 5.74) is 6.67. The van der Waals surface area contributed by atoms with Gasteiger partial charge in [-0.25, -0.2) is 9.37 Å². The van der Waals surface area contributed by atoms with Gasteiger partial charge in [0.15, 0.2) is 0 Å². The molecule has 2 aromatic rings. The normalized spacial score (nSPS) is 13.6. The first-order valence-electron chi connectivity index (χ1n) is 7.87. The standard InChI is InChI=1S/C17H17FN4O2S2/c18-12-4-2-1-3-11(12)5-6-20-17(24)13-8-26-15(21-13)7-22-10-25-9-14(22)16(19)23/h1-4,8-9H,5-7,10H2,(H2,19,23)(H,20,24). The van der Waals surface area contributed by atoms with Crippen LogP contribution in [-0.2, 0) is 17.8 Å². The summed E-state index contributed by atoms with van der Waals surface area (Å²) in [5, 5.41) is 6.86. The number of nitrogens with one attached hydrogen (secondary N) is 1. The summed E-state index contributed by atoms with van der Waals surface area (Å²) < 4.78 is 13.6. The van der Waals surface area contributed by atoms with Crippen molar-refractivity contribution in [1.82, 2.24) is 15.2 Å². The molecular weight excluding hydrogens is 375 g/mol. The first-order valence-corrected chi connectivity index (χ1v) is 9.80. The first kappa shape index (κ1) is 18.4. The van der Waals surface area contributed by atoms with E-state index < -0.39 is 5.91 Å². The third kappa shape index (κ3) is 4.41. The summed E-state index contributed by atoms with van der Waals surface area (Å²) >= 11 is 2.84. The average molecular weight is 392 g/mol. The lowest BCUT2D eigenvalue weighted by molar-refractivity contribution is -0.115. The van der Waals surface area contributed by atoms with E-state index in [9.17, 15) is 14.0 Å². The van der Waals surface area contributed by atoms with Gasteiger partial charge in [-0.1, -0.05) is 18.2 Å². The molecule has 1 aliphatic heterocycles. The molecule has 1 aliphatic rings. The molecule has 0 unspecified atom stereocenters. The molecule has 1 aromatic carbocycles. The Morgan fingerprint density at radius 2 is 2.15 bits per heavy atom. The number of benzene rings is 1. The zero-order valence-corrected chi connectivity index (χ0v) is 15.4. The van der Waals surface area contributed by atoms with Crippen LogP contribution < -0.4 is 11.1 Å². The van der Waals surface area contributed by atoms with Gasteiger partial charge in [0.05, 0.1) is 12.4 Å². The van der Waals surface area contributed by atoms with Crippen LogP contribution in [0.3, 0.4) is 0 Å². The van der Waals surface area contributed by atoms with Crippen LogP contribution in [0.4, 0.5) is 4.39 Å². The van der Waals surface area contributed by atoms with Gasteiger partial charge in [0, 0.05) is 17.3 Å². The summed E-state index contributed by atoms with van der Waals surface area (Å²) in [6.45, 7) is 0.749. The van der Waals surface area contributed by atoms with Crippen molar-refractivity contribution >= 4 is 34.9 Å². The van der Waals surface area contributed by atoms with Crippen molar-refractivity contribution in [2.45, 2.75) is 13.0 Å². The molecule has 0 radical (unpaired) electrons. The van der Waals surface area contributed by atoms with Crippen molar-refractivity contribution in [3.63, 3.8) is 0 Å². The second kappa shape index (κ2) is 8.33. The molecule has 0 spiro atoms. The highest BCUT2D eigenvalue weighted by Gasteiger charge is 2.22. The predicted molar refractivity (Wildman–Crippen MR) is 99.8 cm³/mol. The lowest BCUT2D eigenvalue weighted by Gasteiger charge is -2.17. The fourth-order valence-electron chi connectivity index (χ4n) is 2.45. The molecule has 3 N–H and O–H groups in total. The minimum absolute atomic E-state index is 0.278. The van der Waals surface area contributed by atoms with Gasteiger partial charge in [-0.3, -0.25) is 9.59 Å². The number of carbonyl (C=O) groups excluding carboxylic acids is 2. The monoisotopic (exact) mass is 392 g/mol. The highest BCUT2D eigenvalue weighted by molar-refractivity contribution is 8.02. The van der Waals surface area contributed by atoms with Gasteiger partial charge in [0.1, 0.15) is 22.2 Å². The highest BCUT2D eigenvalue weighted by atomic mass is 32.2. The van der Waals surface area contributed by atoms with Gasteiger partial charge in [-0.15, -0.1) is 23.1 Å². The van der Waals surface area contributed by atoms with E-state index in [1.165, 1.54) is 29.2 Å². The number of thioether (sulfide) groups is 1. The molecule has 1 aromatic heterocycles. The molecule has 0 aliphatic carbocycles. The average Bonchev–Trinajstić information content (AvgIpc) is 3.26. The molecule has 2 heterocycles. The number of amides is 2. The molecule has 3 rings (SSSR count).